The largest absolute Gasteiger partial charge is 0.284 e. The van der Waals surface area contributed by atoms with Gasteiger partial charge in [-0.2, -0.15) is 0 Å². The molecule has 2 aliphatic rings. The van der Waals surface area contributed by atoms with Crippen molar-refractivity contribution in [2.75, 3.05) is 0 Å². The zero-order valence-corrected chi connectivity index (χ0v) is 12.0. The highest BCUT2D eigenvalue weighted by Gasteiger charge is 2.50. The van der Waals surface area contributed by atoms with Crippen LogP contribution < -0.4 is 5.56 Å². The summed E-state index contributed by atoms with van der Waals surface area (Å²) in [7, 11) is 0. The van der Waals surface area contributed by atoms with Gasteiger partial charge in [0.25, 0.3) is 11.5 Å². The Labute approximate surface area is 118 Å². The van der Waals surface area contributed by atoms with Gasteiger partial charge in [-0.15, -0.1) is 0 Å². The number of carbonyl (C=O) groups excluding carboxylic acids is 1. The molecule has 1 aliphatic heterocycles. The molecular formula is C12H12BrClN2O2. The fraction of sp³-hybridized carbons (Fsp3) is 0.500. The maximum atomic E-state index is 12.3. The Morgan fingerprint density at radius 1 is 1.17 bits per heavy atom. The van der Waals surface area contributed by atoms with Crippen molar-refractivity contribution in [3.63, 3.8) is 0 Å². The van der Waals surface area contributed by atoms with E-state index in [4.69, 9.17) is 11.6 Å². The van der Waals surface area contributed by atoms with Crippen molar-refractivity contribution in [1.29, 1.82) is 0 Å². The van der Waals surface area contributed by atoms with Gasteiger partial charge in [0.15, 0.2) is 0 Å². The number of hydrogen-bond acceptors (Lipinski definition) is 2. The average Bonchev–Trinajstić information content (AvgIpc) is 2.59. The third-order valence-corrected chi connectivity index (χ3v) is 5.15. The summed E-state index contributed by atoms with van der Waals surface area (Å²) in [5.41, 5.74) is -0.415. The molecule has 96 valence electrons. The standard InChI is InChI=1S/C12H12BrClN2O2/c13-16-11(18)10-8(14)4-5-9(17)15(10)12(16)6-2-1-3-7-12/h4-5H,1-3,6-7H2. The van der Waals surface area contributed by atoms with E-state index in [0.29, 0.717) is 10.7 Å². The summed E-state index contributed by atoms with van der Waals surface area (Å²) >= 11 is 9.41. The van der Waals surface area contributed by atoms with Gasteiger partial charge in [-0.05, 0) is 31.7 Å². The van der Waals surface area contributed by atoms with Crippen molar-refractivity contribution < 1.29 is 4.79 Å². The summed E-state index contributed by atoms with van der Waals surface area (Å²) in [5.74, 6) is -0.223. The van der Waals surface area contributed by atoms with Crippen molar-refractivity contribution in [3.8, 4) is 0 Å². The second-order valence-corrected chi connectivity index (χ2v) is 5.95. The van der Waals surface area contributed by atoms with Crippen molar-refractivity contribution >= 4 is 33.7 Å². The predicted octanol–water partition coefficient (Wildman–Crippen LogP) is 2.88. The molecule has 0 bridgehead atoms. The van der Waals surface area contributed by atoms with Crippen LogP contribution in [0.5, 0.6) is 0 Å². The Hall–Kier alpha value is -0.810. The normalized spacial score (nSPS) is 21.4. The van der Waals surface area contributed by atoms with Gasteiger partial charge < -0.3 is 0 Å². The molecule has 1 amide bonds. The smallest absolute Gasteiger partial charge is 0.277 e. The summed E-state index contributed by atoms with van der Waals surface area (Å²) in [5, 5.41) is 0.339. The molecule has 0 saturated heterocycles. The fourth-order valence-electron chi connectivity index (χ4n) is 3.03. The molecule has 0 radical (unpaired) electrons. The van der Waals surface area contributed by atoms with Crippen LogP contribution in [-0.2, 0) is 5.66 Å². The van der Waals surface area contributed by atoms with Gasteiger partial charge in [-0.1, -0.05) is 18.0 Å². The lowest BCUT2D eigenvalue weighted by molar-refractivity contribution is 0.0616. The van der Waals surface area contributed by atoms with E-state index in [2.05, 4.69) is 16.1 Å². The third kappa shape index (κ3) is 1.43. The number of rotatable bonds is 0. The molecule has 6 heteroatoms. The Kier molecular flexibility index (Phi) is 2.79. The monoisotopic (exact) mass is 330 g/mol. The van der Waals surface area contributed by atoms with Gasteiger partial charge in [-0.25, -0.2) is 3.93 Å². The quantitative estimate of drug-likeness (QED) is 0.686. The first kappa shape index (κ1) is 12.2. The maximum absolute atomic E-state index is 12.3. The molecular weight excluding hydrogens is 320 g/mol. The highest BCUT2D eigenvalue weighted by atomic mass is 79.9. The molecule has 4 nitrogen and oxygen atoms in total. The molecule has 1 fully saturated rings. The topological polar surface area (TPSA) is 42.3 Å². The molecule has 1 spiro atoms. The minimum atomic E-state index is -0.563. The zero-order valence-electron chi connectivity index (χ0n) is 9.66. The van der Waals surface area contributed by atoms with E-state index in [-0.39, 0.29) is 11.5 Å². The van der Waals surface area contributed by atoms with Crippen LogP contribution in [0.1, 0.15) is 42.6 Å². The summed E-state index contributed by atoms with van der Waals surface area (Å²) in [6, 6.07) is 2.93. The highest BCUT2D eigenvalue weighted by Crippen LogP contribution is 2.45. The molecule has 1 aromatic heterocycles. The van der Waals surface area contributed by atoms with Crippen LogP contribution in [0.2, 0.25) is 5.02 Å². The molecule has 1 aromatic rings. The van der Waals surface area contributed by atoms with Crippen LogP contribution in [0.15, 0.2) is 16.9 Å². The van der Waals surface area contributed by atoms with E-state index >= 15 is 0 Å². The first-order chi connectivity index (χ1) is 8.58. The van der Waals surface area contributed by atoms with E-state index in [1.165, 1.54) is 16.1 Å². The van der Waals surface area contributed by atoms with Crippen molar-refractivity contribution in [2.45, 2.75) is 37.8 Å². The van der Waals surface area contributed by atoms with Gasteiger partial charge in [0.05, 0.1) is 21.2 Å². The molecule has 0 N–H and O–H groups in total. The number of hydrogen-bond donors (Lipinski definition) is 0. The van der Waals surface area contributed by atoms with Gasteiger partial charge in [0.2, 0.25) is 0 Å². The number of fused-ring (bicyclic) bond motifs is 2. The SMILES string of the molecule is O=C1c2c(Cl)ccc(=O)n2C2(CCCCC2)N1Br. The van der Waals surface area contributed by atoms with E-state index in [1.54, 1.807) is 4.57 Å². The highest BCUT2D eigenvalue weighted by molar-refractivity contribution is 9.07. The summed E-state index contributed by atoms with van der Waals surface area (Å²) in [6.45, 7) is 0. The average molecular weight is 332 g/mol. The van der Waals surface area contributed by atoms with E-state index in [1.807, 2.05) is 0 Å². The van der Waals surface area contributed by atoms with E-state index in [9.17, 15) is 9.59 Å². The maximum Gasteiger partial charge on any atom is 0.284 e. The number of halogens is 2. The van der Waals surface area contributed by atoms with E-state index in [0.717, 1.165) is 32.1 Å². The number of aromatic nitrogens is 1. The lowest BCUT2D eigenvalue weighted by atomic mass is 9.89. The Bertz CT molecular complexity index is 578. The van der Waals surface area contributed by atoms with Crippen molar-refractivity contribution in [1.82, 2.24) is 8.49 Å². The lowest BCUT2D eigenvalue weighted by Gasteiger charge is -2.38. The van der Waals surface area contributed by atoms with Gasteiger partial charge in [0.1, 0.15) is 11.4 Å². The third-order valence-electron chi connectivity index (χ3n) is 3.86. The minimum Gasteiger partial charge on any atom is -0.277 e. The molecule has 3 rings (SSSR count). The van der Waals surface area contributed by atoms with Crippen molar-refractivity contribution in [3.05, 3.63) is 33.2 Å². The van der Waals surface area contributed by atoms with Crippen molar-refractivity contribution in [2.24, 2.45) is 0 Å². The number of amides is 1. The molecule has 18 heavy (non-hydrogen) atoms. The van der Waals surface area contributed by atoms with E-state index < -0.39 is 5.66 Å². The number of pyridine rings is 1. The predicted molar refractivity (Wildman–Crippen MR) is 71.9 cm³/mol. The summed E-state index contributed by atoms with van der Waals surface area (Å²) in [6.07, 6.45) is 4.73. The fourth-order valence-corrected chi connectivity index (χ4v) is 3.94. The Balaban J connectivity index is 2.30. The molecule has 0 unspecified atom stereocenters. The number of nitrogens with zero attached hydrogens (tertiary/aromatic N) is 2. The molecule has 1 saturated carbocycles. The zero-order chi connectivity index (χ0) is 12.9. The van der Waals surface area contributed by atoms with Crippen LogP contribution in [0.3, 0.4) is 0 Å². The van der Waals surface area contributed by atoms with Gasteiger partial charge in [-0.3, -0.25) is 14.2 Å². The van der Waals surface area contributed by atoms with Crippen LogP contribution >= 0.6 is 27.7 Å². The van der Waals surface area contributed by atoms with Gasteiger partial charge in [0, 0.05) is 6.07 Å². The van der Waals surface area contributed by atoms with Crippen LogP contribution in [0.4, 0.5) is 0 Å². The van der Waals surface area contributed by atoms with Crippen LogP contribution in [0, 0.1) is 0 Å². The first-order valence-corrected chi connectivity index (χ1v) is 7.09. The minimum absolute atomic E-state index is 0.161. The first-order valence-electron chi connectivity index (χ1n) is 6.00. The summed E-state index contributed by atoms with van der Waals surface area (Å²) < 4.78 is 3.09. The Morgan fingerprint density at radius 2 is 1.83 bits per heavy atom. The number of carbonyl (C=O) groups is 1. The van der Waals surface area contributed by atoms with Crippen LogP contribution in [-0.4, -0.2) is 14.4 Å². The van der Waals surface area contributed by atoms with Gasteiger partial charge >= 0.3 is 0 Å². The molecule has 1 aliphatic carbocycles. The lowest BCUT2D eigenvalue weighted by Crippen LogP contribution is -2.46. The second-order valence-electron chi connectivity index (χ2n) is 4.83. The molecule has 0 aromatic carbocycles. The summed E-state index contributed by atoms with van der Waals surface area (Å²) in [4.78, 5) is 24.4. The molecule has 2 heterocycles. The van der Waals surface area contributed by atoms with Crippen LogP contribution in [0.25, 0.3) is 0 Å². The Morgan fingerprint density at radius 3 is 2.50 bits per heavy atom. The molecule has 0 atom stereocenters. The second kappa shape index (κ2) is 4.10.